The first-order chi connectivity index (χ1) is 5.74. The van der Waals surface area contributed by atoms with Gasteiger partial charge in [0.15, 0.2) is 6.61 Å². The van der Waals surface area contributed by atoms with Gasteiger partial charge in [0.25, 0.3) is 0 Å². The summed E-state index contributed by atoms with van der Waals surface area (Å²) in [4.78, 5) is 15.4. The van der Waals surface area contributed by atoms with E-state index in [0.29, 0.717) is 6.42 Å². The lowest BCUT2D eigenvalue weighted by atomic mass is 10.3. The maximum Gasteiger partial charge on any atom is 0.230 e. The zero-order valence-corrected chi connectivity index (χ0v) is 7.55. The smallest absolute Gasteiger partial charge is 0.230 e. The summed E-state index contributed by atoms with van der Waals surface area (Å²) >= 11 is 0. The monoisotopic (exact) mass is 173 g/mol. The number of amides is 1. The third-order valence-corrected chi connectivity index (χ3v) is 2.19. The van der Waals surface area contributed by atoms with E-state index in [0.717, 1.165) is 26.2 Å². The first-order valence-corrected chi connectivity index (χ1v) is 4.35. The second-order valence-corrected chi connectivity index (χ2v) is 3.18. The Morgan fingerprint density at radius 2 is 1.92 bits per heavy atom. The van der Waals surface area contributed by atoms with Crippen molar-refractivity contribution in [1.29, 1.82) is 0 Å². The summed E-state index contributed by atoms with van der Waals surface area (Å²) in [6, 6.07) is 0. The molecule has 2 N–H and O–H groups in total. The maximum atomic E-state index is 11.3. The first-order valence-electron chi connectivity index (χ1n) is 4.35. The summed E-state index contributed by atoms with van der Waals surface area (Å²) in [5, 5.41) is 6.93. The van der Waals surface area contributed by atoms with Crippen LogP contribution in [0, 0.1) is 0 Å². The number of nitrogens with zero attached hydrogens (tertiary/aromatic N) is 2. The fraction of sp³-hybridized carbons (Fsp3) is 0.875. The minimum atomic E-state index is 0.137. The molecular weight excluding hydrogens is 156 g/mol. The molecule has 1 rings (SSSR count). The highest BCUT2D eigenvalue weighted by Crippen LogP contribution is 2.00. The molecule has 0 radical (unpaired) electrons. The Bertz CT molecular complexity index is 153. The second-order valence-electron chi connectivity index (χ2n) is 3.18. The van der Waals surface area contributed by atoms with Crippen LogP contribution in [0.5, 0.6) is 0 Å². The molecule has 0 aromatic heterocycles. The Kier molecular flexibility index (Phi) is 3.49. The molecule has 0 bridgehead atoms. The van der Waals surface area contributed by atoms with E-state index >= 15 is 0 Å². The summed E-state index contributed by atoms with van der Waals surface area (Å²) < 4.78 is 0. The van der Waals surface area contributed by atoms with Crippen LogP contribution in [-0.2, 0) is 4.79 Å². The molecule has 4 heteroatoms. The van der Waals surface area contributed by atoms with E-state index in [2.05, 4.69) is 11.9 Å². The van der Waals surface area contributed by atoms with Gasteiger partial charge in [-0.15, -0.1) is 0 Å². The van der Waals surface area contributed by atoms with Crippen LogP contribution in [0.2, 0.25) is 0 Å². The average molecular weight is 173 g/mol. The zero-order valence-electron chi connectivity index (χ0n) is 7.55. The van der Waals surface area contributed by atoms with Crippen LogP contribution in [-0.4, -0.2) is 60.6 Å². The molecule has 1 saturated heterocycles. The quantitative estimate of drug-likeness (QED) is 0.496. The largest absolute Gasteiger partial charge is 0.445 e. The lowest BCUT2D eigenvalue weighted by Gasteiger charge is -2.32. The van der Waals surface area contributed by atoms with E-state index in [1.54, 1.807) is 0 Å². The van der Waals surface area contributed by atoms with Crippen molar-refractivity contribution >= 4 is 5.91 Å². The van der Waals surface area contributed by atoms with Crippen molar-refractivity contribution in [3.05, 3.63) is 0 Å². The van der Waals surface area contributed by atoms with Gasteiger partial charge in [-0.2, -0.15) is 0 Å². The van der Waals surface area contributed by atoms with E-state index in [9.17, 15) is 4.79 Å². The SMILES string of the molecule is CN1CCN(C(=O)CC[OH2+])CC1. The van der Waals surface area contributed by atoms with Crippen LogP contribution >= 0.6 is 0 Å². The number of carbonyl (C=O) groups is 1. The van der Waals surface area contributed by atoms with Gasteiger partial charge in [0.2, 0.25) is 5.91 Å². The number of piperazine rings is 1. The molecule has 12 heavy (non-hydrogen) atoms. The van der Waals surface area contributed by atoms with Crippen LogP contribution in [0.25, 0.3) is 0 Å². The van der Waals surface area contributed by atoms with Crippen LogP contribution in [0.15, 0.2) is 0 Å². The number of likely N-dealkylation sites (N-methyl/N-ethyl adjacent to an activating group) is 1. The molecule has 1 amide bonds. The van der Waals surface area contributed by atoms with Gasteiger partial charge in [0.1, 0.15) is 0 Å². The number of carbonyl (C=O) groups excluding carboxylic acids is 1. The molecule has 0 aromatic carbocycles. The van der Waals surface area contributed by atoms with Crippen molar-refractivity contribution in [2.45, 2.75) is 6.42 Å². The summed E-state index contributed by atoms with van der Waals surface area (Å²) in [6.45, 7) is 3.79. The van der Waals surface area contributed by atoms with Crippen LogP contribution in [0.4, 0.5) is 0 Å². The van der Waals surface area contributed by atoms with Crippen molar-refractivity contribution in [1.82, 2.24) is 9.80 Å². The Labute approximate surface area is 72.8 Å². The van der Waals surface area contributed by atoms with Crippen molar-refractivity contribution in [2.24, 2.45) is 0 Å². The van der Waals surface area contributed by atoms with E-state index in [1.807, 2.05) is 4.90 Å². The molecule has 1 heterocycles. The van der Waals surface area contributed by atoms with E-state index in [1.165, 1.54) is 0 Å². The lowest BCUT2D eigenvalue weighted by molar-refractivity contribution is -0.133. The van der Waals surface area contributed by atoms with Crippen molar-refractivity contribution in [3.8, 4) is 0 Å². The number of hydrogen-bond acceptors (Lipinski definition) is 2. The van der Waals surface area contributed by atoms with Crippen LogP contribution in [0.3, 0.4) is 0 Å². The van der Waals surface area contributed by atoms with E-state index in [-0.39, 0.29) is 12.5 Å². The standard InChI is InChI=1S/C8H16N2O2/c1-9-3-5-10(6-4-9)8(12)2-7-11/h11H,2-7H2,1H3/p+1. The Morgan fingerprint density at radius 3 is 2.42 bits per heavy atom. The molecule has 1 aliphatic heterocycles. The topological polar surface area (TPSA) is 46.5 Å². The minimum Gasteiger partial charge on any atom is -0.445 e. The van der Waals surface area contributed by atoms with Crippen molar-refractivity contribution in [2.75, 3.05) is 39.8 Å². The molecule has 0 unspecified atom stereocenters. The Hall–Kier alpha value is -0.610. The number of hydrogen-bond donors (Lipinski definition) is 0. The molecule has 1 aliphatic rings. The summed E-state index contributed by atoms with van der Waals surface area (Å²) in [5.74, 6) is 0.137. The van der Waals surface area contributed by atoms with Gasteiger partial charge in [-0.3, -0.25) is 4.79 Å². The maximum absolute atomic E-state index is 11.3. The highest BCUT2D eigenvalue weighted by Gasteiger charge is 2.18. The Balaban J connectivity index is 2.29. The van der Waals surface area contributed by atoms with Gasteiger partial charge in [0, 0.05) is 26.2 Å². The van der Waals surface area contributed by atoms with Gasteiger partial charge in [0.05, 0.1) is 6.42 Å². The molecule has 0 aromatic rings. The normalized spacial score (nSPS) is 19.7. The van der Waals surface area contributed by atoms with Crippen LogP contribution in [0.1, 0.15) is 6.42 Å². The minimum absolute atomic E-state index is 0.137. The van der Waals surface area contributed by atoms with E-state index < -0.39 is 0 Å². The lowest BCUT2D eigenvalue weighted by Crippen LogP contribution is -2.47. The van der Waals surface area contributed by atoms with Gasteiger partial charge >= 0.3 is 0 Å². The molecule has 0 spiro atoms. The van der Waals surface area contributed by atoms with Gasteiger partial charge in [-0.25, -0.2) is 0 Å². The van der Waals surface area contributed by atoms with Crippen molar-refractivity contribution < 1.29 is 9.90 Å². The van der Waals surface area contributed by atoms with Crippen molar-refractivity contribution in [3.63, 3.8) is 0 Å². The summed E-state index contributed by atoms with van der Waals surface area (Å²) in [7, 11) is 2.06. The molecule has 0 aliphatic carbocycles. The van der Waals surface area contributed by atoms with Gasteiger partial charge in [-0.1, -0.05) is 0 Å². The Morgan fingerprint density at radius 1 is 1.33 bits per heavy atom. The highest BCUT2D eigenvalue weighted by atomic mass is 16.3. The summed E-state index contributed by atoms with van der Waals surface area (Å²) in [5.41, 5.74) is 0. The van der Waals surface area contributed by atoms with Gasteiger partial charge < -0.3 is 14.9 Å². The van der Waals surface area contributed by atoms with Crippen LogP contribution < -0.4 is 0 Å². The summed E-state index contributed by atoms with van der Waals surface area (Å²) in [6.07, 6.45) is 0.379. The van der Waals surface area contributed by atoms with Gasteiger partial charge in [-0.05, 0) is 7.05 Å². The zero-order chi connectivity index (χ0) is 8.97. The molecule has 1 fully saturated rings. The fourth-order valence-electron chi connectivity index (χ4n) is 1.32. The third kappa shape index (κ3) is 2.46. The third-order valence-electron chi connectivity index (χ3n) is 2.19. The fourth-order valence-corrected chi connectivity index (χ4v) is 1.32. The molecule has 0 saturated carbocycles. The molecular formula is C8H17N2O2+. The molecule has 4 nitrogen and oxygen atoms in total. The predicted octanol–water partition coefficient (Wildman–Crippen LogP) is -1.12. The van der Waals surface area contributed by atoms with E-state index in [4.69, 9.17) is 5.11 Å². The highest BCUT2D eigenvalue weighted by molar-refractivity contribution is 5.76. The number of rotatable bonds is 2. The second kappa shape index (κ2) is 4.42. The first kappa shape index (κ1) is 9.48. The molecule has 0 atom stereocenters. The predicted molar refractivity (Wildman–Crippen MR) is 47.2 cm³/mol. The average Bonchev–Trinajstić information content (AvgIpc) is 2.06. The molecule has 70 valence electrons.